The first-order valence-corrected chi connectivity index (χ1v) is 10.6. The summed E-state index contributed by atoms with van der Waals surface area (Å²) >= 11 is 0. The van der Waals surface area contributed by atoms with E-state index in [1.165, 1.54) is 32.1 Å². The second-order valence-corrected chi connectivity index (χ2v) is 8.58. The summed E-state index contributed by atoms with van der Waals surface area (Å²) in [6, 6.07) is 8.35. The lowest BCUT2D eigenvalue weighted by atomic mass is 9.88. The topological polar surface area (TPSA) is 73.9 Å². The maximum absolute atomic E-state index is 12.7. The molecule has 0 spiro atoms. The molecule has 3 heterocycles. The molecule has 29 heavy (non-hydrogen) atoms. The van der Waals surface area contributed by atoms with Crippen LogP contribution < -0.4 is 5.32 Å². The smallest absolute Gasteiger partial charge is 0.320 e. The summed E-state index contributed by atoms with van der Waals surface area (Å²) in [6.45, 7) is 5.52. The minimum absolute atomic E-state index is 0.0162. The molecule has 0 atom stereocenters. The van der Waals surface area contributed by atoms with Crippen LogP contribution in [0.5, 0.6) is 0 Å². The molecule has 0 saturated heterocycles. The molecule has 0 bridgehead atoms. The van der Waals surface area contributed by atoms with Gasteiger partial charge in [0.15, 0.2) is 0 Å². The van der Waals surface area contributed by atoms with Gasteiger partial charge in [0.05, 0.1) is 5.52 Å². The molecule has 150 valence electrons. The number of fused-ring (bicyclic) bond motifs is 2. The summed E-state index contributed by atoms with van der Waals surface area (Å²) in [4.78, 5) is 19.1. The number of nitrogens with one attached hydrogen (secondary N) is 2. The molecule has 1 aliphatic carbocycles. The van der Waals surface area contributed by atoms with Gasteiger partial charge in [0.25, 0.3) is 0 Å². The SMILES string of the molecule is Cc1cc(-c2n[nH]c3cc4c(cc23)CN(CC2CCCCC2)C(=O)N4)cc(C)n1. The Balaban J connectivity index is 1.48. The van der Waals surface area contributed by atoms with Crippen molar-refractivity contribution in [2.24, 2.45) is 5.92 Å². The van der Waals surface area contributed by atoms with Crippen molar-refractivity contribution in [1.29, 1.82) is 0 Å². The van der Waals surface area contributed by atoms with Gasteiger partial charge in [-0.2, -0.15) is 5.10 Å². The van der Waals surface area contributed by atoms with E-state index in [4.69, 9.17) is 0 Å². The largest absolute Gasteiger partial charge is 0.322 e. The highest BCUT2D eigenvalue weighted by atomic mass is 16.2. The number of carbonyl (C=O) groups is 1. The maximum Gasteiger partial charge on any atom is 0.322 e. The summed E-state index contributed by atoms with van der Waals surface area (Å²) in [5, 5.41) is 11.9. The molecule has 1 fully saturated rings. The van der Waals surface area contributed by atoms with E-state index in [0.717, 1.165) is 51.3 Å². The lowest BCUT2D eigenvalue weighted by Gasteiger charge is -2.33. The van der Waals surface area contributed by atoms with Crippen LogP contribution in [-0.2, 0) is 6.54 Å². The molecule has 3 aromatic rings. The van der Waals surface area contributed by atoms with Crippen LogP contribution in [0.25, 0.3) is 22.2 Å². The van der Waals surface area contributed by atoms with E-state index in [2.05, 4.69) is 38.7 Å². The van der Waals surface area contributed by atoms with Crippen LogP contribution in [0, 0.1) is 19.8 Å². The summed E-state index contributed by atoms with van der Waals surface area (Å²) in [5.41, 5.74) is 6.96. The number of H-pyrrole nitrogens is 1. The van der Waals surface area contributed by atoms with Gasteiger partial charge in [0.1, 0.15) is 5.69 Å². The maximum atomic E-state index is 12.7. The fourth-order valence-corrected chi connectivity index (χ4v) is 4.85. The number of aryl methyl sites for hydroxylation is 2. The molecule has 1 aliphatic heterocycles. The van der Waals surface area contributed by atoms with E-state index < -0.39 is 0 Å². The molecule has 0 radical (unpaired) electrons. The molecule has 6 heteroatoms. The minimum atomic E-state index is 0.0162. The van der Waals surface area contributed by atoms with E-state index >= 15 is 0 Å². The molecule has 1 saturated carbocycles. The molecule has 2 aromatic heterocycles. The predicted octanol–water partition coefficient (Wildman–Crippen LogP) is 5.17. The normalized spacial score (nSPS) is 17.4. The summed E-state index contributed by atoms with van der Waals surface area (Å²) in [6.07, 6.45) is 6.40. The van der Waals surface area contributed by atoms with Crippen LogP contribution in [0.3, 0.4) is 0 Å². The van der Waals surface area contributed by atoms with Crippen LogP contribution in [0.2, 0.25) is 0 Å². The van der Waals surface area contributed by atoms with Crippen molar-refractivity contribution in [1.82, 2.24) is 20.1 Å². The van der Waals surface area contributed by atoms with Gasteiger partial charge >= 0.3 is 6.03 Å². The molecule has 2 aliphatic rings. The molecule has 2 N–H and O–H groups in total. The highest BCUT2D eigenvalue weighted by molar-refractivity contribution is 6.00. The van der Waals surface area contributed by atoms with E-state index in [-0.39, 0.29) is 6.03 Å². The molecule has 6 nitrogen and oxygen atoms in total. The Morgan fingerprint density at radius 3 is 2.59 bits per heavy atom. The second kappa shape index (κ2) is 7.17. The molecule has 1 aromatic carbocycles. The van der Waals surface area contributed by atoms with Gasteiger partial charge in [-0.05, 0) is 62.4 Å². The number of rotatable bonds is 3. The fourth-order valence-electron chi connectivity index (χ4n) is 4.85. The first-order chi connectivity index (χ1) is 14.1. The van der Waals surface area contributed by atoms with Crippen molar-refractivity contribution in [3.05, 3.63) is 41.2 Å². The number of benzene rings is 1. The van der Waals surface area contributed by atoms with E-state index in [1.807, 2.05) is 24.8 Å². The Bertz CT molecular complexity index is 1060. The zero-order valence-electron chi connectivity index (χ0n) is 17.1. The Morgan fingerprint density at radius 2 is 1.83 bits per heavy atom. The number of nitrogens with zero attached hydrogens (tertiary/aromatic N) is 3. The lowest BCUT2D eigenvalue weighted by molar-refractivity contribution is 0.184. The number of aromatic amines is 1. The molecule has 2 amide bonds. The number of anilines is 1. The minimum Gasteiger partial charge on any atom is -0.320 e. The van der Waals surface area contributed by atoms with Crippen molar-refractivity contribution in [3.8, 4) is 11.3 Å². The number of hydrogen-bond acceptors (Lipinski definition) is 3. The Labute approximate surface area is 170 Å². The fraction of sp³-hybridized carbons (Fsp3) is 0.435. The van der Waals surface area contributed by atoms with Gasteiger partial charge < -0.3 is 10.2 Å². The third-order valence-corrected chi connectivity index (χ3v) is 6.23. The average molecular weight is 390 g/mol. The third-order valence-electron chi connectivity index (χ3n) is 6.23. The highest BCUT2D eigenvalue weighted by Gasteiger charge is 2.27. The molecular formula is C23H27N5O. The molecule has 0 unspecified atom stereocenters. The van der Waals surface area contributed by atoms with Crippen LogP contribution in [0.1, 0.15) is 49.1 Å². The average Bonchev–Trinajstić information content (AvgIpc) is 3.10. The van der Waals surface area contributed by atoms with Crippen LogP contribution in [0.4, 0.5) is 10.5 Å². The van der Waals surface area contributed by atoms with E-state index in [9.17, 15) is 4.79 Å². The van der Waals surface area contributed by atoms with Gasteiger partial charge in [-0.1, -0.05) is 19.3 Å². The van der Waals surface area contributed by atoms with Gasteiger partial charge in [0.2, 0.25) is 0 Å². The van der Waals surface area contributed by atoms with E-state index in [1.54, 1.807) is 0 Å². The first kappa shape index (κ1) is 18.2. The summed E-state index contributed by atoms with van der Waals surface area (Å²) < 4.78 is 0. The Hall–Kier alpha value is -2.89. The number of amides is 2. The van der Waals surface area contributed by atoms with Crippen LogP contribution in [0.15, 0.2) is 24.3 Å². The Morgan fingerprint density at radius 1 is 1.07 bits per heavy atom. The van der Waals surface area contributed by atoms with Gasteiger partial charge in [-0.25, -0.2) is 4.79 Å². The molecular weight excluding hydrogens is 362 g/mol. The lowest BCUT2D eigenvalue weighted by Crippen LogP contribution is -2.41. The zero-order valence-corrected chi connectivity index (χ0v) is 17.1. The van der Waals surface area contributed by atoms with E-state index in [0.29, 0.717) is 12.5 Å². The van der Waals surface area contributed by atoms with Gasteiger partial charge in [-0.15, -0.1) is 0 Å². The quantitative estimate of drug-likeness (QED) is 0.649. The van der Waals surface area contributed by atoms with Crippen molar-refractivity contribution >= 4 is 22.6 Å². The van der Waals surface area contributed by atoms with Crippen molar-refractivity contribution in [3.63, 3.8) is 0 Å². The first-order valence-electron chi connectivity index (χ1n) is 10.6. The summed E-state index contributed by atoms with van der Waals surface area (Å²) in [7, 11) is 0. The van der Waals surface area contributed by atoms with Crippen LogP contribution in [-0.4, -0.2) is 32.7 Å². The van der Waals surface area contributed by atoms with Gasteiger partial charge in [-0.3, -0.25) is 10.1 Å². The summed E-state index contributed by atoms with van der Waals surface area (Å²) in [5.74, 6) is 0.632. The van der Waals surface area contributed by atoms with Crippen molar-refractivity contribution < 1.29 is 4.79 Å². The van der Waals surface area contributed by atoms with Crippen molar-refractivity contribution in [2.45, 2.75) is 52.5 Å². The second-order valence-electron chi connectivity index (χ2n) is 8.58. The number of urea groups is 1. The standard InChI is InChI=1S/C23H27N5O/c1-14-8-17(9-15(2)24-14)22-19-10-18-13-28(12-16-6-4-3-5-7-16)23(29)25-20(18)11-21(19)26-27-22/h8-11,16H,3-7,12-13H2,1-2H3,(H,25,29)(H,26,27). The third kappa shape index (κ3) is 3.48. The Kier molecular flexibility index (Phi) is 4.49. The number of aromatic nitrogens is 3. The van der Waals surface area contributed by atoms with Gasteiger partial charge in [0, 0.05) is 41.1 Å². The highest BCUT2D eigenvalue weighted by Crippen LogP contribution is 2.34. The number of carbonyl (C=O) groups excluding carboxylic acids is 1. The number of pyridine rings is 1. The van der Waals surface area contributed by atoms with Crippen LogP contribution >= 0.6 is 0 Å². The monoisotopic (exact) mass is 389 g/mol. The van der Waals surface area contributed by atoms with Crippen molar-refractivity contribution in [2.75, 3.05) is 11.9 Å². The predicted molar refractivity (Wildman–Crippen MR) is 115 cm³/mol. The number of hydrogen-bond donors (Lipinski definition) is 2. The molecule has 5 rings (SSSR count). The zero-order chi connectivity index (χ0) is 20.0.